The first-order valence-corrected chi connectivity index (χ1v) is 11.4. The highest BCUT2D eigenvalue weighted by Gasteiger charge is 2.22. The van der Waals surface area contributed by atoms with Crippen molar-refractivity contribution < 1.29 is 15.0 Å². The summed E-state index contributed by atoms with van der Waals surface area (Å²) in [6.07, 6.45) is 1.79. The second kappa shape index (κ2) is 10.3. The van der Waals surface area contributed by atoms with Gasteiger partial charge in [-0.15, -0.1) is 0 Å². The zero-order valence-electron chi connectivity index (χ0n) is 19.9. The molecule has 4 aromatic rings. The maximum Gasteiger partial charge on any atom is 0.262 e. The average molecular weight is 469 g/mol. The first-order chi connectivity index (χ1) is 16.8. The summed E-state index contributed by atoms with van der Waals surface area (Å²) in [7, 11) is 0. The van der Waals surface area contributed by atoms with Crippen LogP contribution < -0.4 is 10.2 Å². The number of nitrogens with zero attached hydrogens (tertiary/aromatic N) is 3. The normalized spacial score (nSPS) is 10.9. The van der Waals surface area contributed by atoms with Crippen LogP contribution in [0.4, 0.5) is 11.6 Å². The van der Waals surface area contributed by atoms with E-state index in [1.807, 2.05) is 75.4 Å². The SMILES string of the molecule is Cc1cnc(NC(C)C)nc1-c1ccc(N(Cc2ccccc2)C(=O)c2ccc(O)cc2O)cc1. The fraction of sp³-hybridized carbons (Fsp3) is 0.179. The van der Waals surface area contributed by atoms with Gasteiger partial charge in [0.05, 0.1) is 17.8 Å². The van der Waals surface area contributed by atoms with Gasteiger partial charge in [0.2, 0.25) is 5.95 Å². The van der Waals surface area contributed by atoms with Gasteiger partial charge in [0.25, 0.3) is 5.91 Å². The van der Waals surface area contributed by atoms with Crippen LogP contribution in [-0.4, -0.2) is 32.1 Å². The van der Waals surface area contributed by atoms with Crippen LogP contribution in [0.15, 0.2) is 79.0 Å². The van der Waals surface area contributed by atoms with Crippen molar-refractivity contribution in [2.75, 3.05) is 10.2 Å². The number of hydrogen-bond acceptors (Lipinski definition) is 6. The Labute approximate surface area is 204 Å². The quantitative estimate of drug-likeness (QED) is 0.330. The summed E-state index contributed by atoms with van der Waals surface area (Å²) in [6.45, 7) is 6.33. The van der Waals surface area contributed by atoms with Crippen molar-refractivity contribution in [1.82, 2.24) is 9.97 Å². The number of amides is 1. The van der Waals surface area contributed by atoms with Crippen molar-refractivity contribution in [3.63, 3.8) is 0 Å². The lowest BCUT2D eigenvalue weighted by molar-refractivity contribution is 0.0982. The molecule has 0 bridgehead atoms. The van der Waals surface area contributed by atoms with E-state index in [0.29, 0.717) is 18.2 Å². The molecule has 0 aliphatic carbocycles. The number of aromatic hydroxyl groups is 2. The first kappa shape index (κ1) is 23.8. The Balaban J connectivity index is 1.70. The molecule has 0 radical (unpaired) electrons. The highest BCUT2D eigenvalue weighted by molar-refractivity contribution is 6.08. The number of phenolic OH excluding ortho intramolecular Hbond substituents is 2. The number of aromatic nitrogens is 2. The van der Waals surface area contributed by atoms with Gasteiger partial charge >= 0.3 is 0 Å². The smallest absolute Gasteiger partial charge is 0.262 e. The van der Waals surface area contributed by atoms with Gasteiger partial charge in [0.15, 0.2) is 0 Å². The van der Waals surface area contributed by atoms with E-state index < -0.39 is 0 Å². The molecule has 1 aromatic heterocycles. The minimum absolute atomic E-state index is 0.107. The van der Waals surface area contributed by atoms with E-state index in [4.69, 9.17) is 0 Å². The second-order valence-electron chi connectivity index (χ2n) is 8.65. The average Bonchev–Trinajstić information content (AvgIpc) is 2.84. The fourth-order valence-corrected chi connectivity index (χ4v) is 3.75. The number of rotatable bonds is 7. The summed E-state index contributed by atoms with van der Waals surface area (Å²) in [6, 6.07) is 21.4. The Bertz CT molecular complexity index is 1320. The third kappa shape index (κ3) is 5.58. The maximum absolute atomic E-state index is 13.5. The van der Waals surface area contributed by atoms with E-state index in [1.165, 1.54) is 12.1 Å². The van der Waals surface area contributed by atoms with E-state index in [9.17, 15) is 15.0 Å². The van der Waals surface area contributed by atoms with Gasteiger partial charge in [-0.3, -0.25) is 4.79 Å². The van der Waals surface area contributed by atoms with Gasteiger partial charge in [0.1, 0.15) is 11.5 Å². The molecular weight excluding hydrogens is 440 g/mol. The van der Waals surface area contributed by atoms with Crippen LogP contribution in [0.2, 0.25) is 0 Å². The van der Waals surface area contributed by atoms with Gasteiger partial charge in [-0.05, 0) is 56.2 Å². The minimum Gasteiger partial charge on any atom is -0.508 e. The second-order valence-corrected chi connectivity index (χ2v) is 8.65. The van der Waals surface area contributed by atoms with Gasteiger partial charge in [-0.1, -0.05) is 42.5 Å². The molecule has 35 heavy (non-hydrogen) atoms. The molecular formula is C28H28N4O3. The monoisotopic (exact) mass is 468 g/mol. The molecule has 7 nitrogen and oxygen atoms in total. The summed E-state index contributed by atoms with van der Waals surface area (Å²) in [5.41, 5.74) is 4.38. The third-order valence-electron chi connectivity index (χ3n) is 5.48. The number of carbonyl (C=O) groups is 1. The van der Waals surface area contributed by atoms with Crippen molar-refractivity contribution in [1.29, 1.82) is 0 Å². The first-order valence-electron chi connectivity index (χ1n) is 11.4. The Morgan fingerprint density at radius 3 is 2.37 bits per heavy atom. The molecule has 0 aliphatic rings. The Hall–Kier alpha value is -4.39. The number of aryl methyl sites for hydroxylation is 1. The summed E-state index contributed by atoms with van der Waals surface area (Å²) < 4.78 is 0. The largest absolute Gasteiger partial charge is 0.508 e. The predicted molar refractivity (Wildman–Crippen MR) is 138 cm³/mol. The lowest BCUT2D eigenvalue weighted by Crippen LogP contribution is -2.30. The van der Waals surface area contributed by atoms with E-state index in [0.717, 1.165) is 28.5 Å². The lowest BCUT2D eigenvalue weighted by Gasteiger charge is -2.24. The van der Waals surface area contributed by atoms with Crippen molar-refractivity contribution in [2.24, 2.45) is 0 Å². The van der Waals surface area contributed by atoms with Crippen LogP contribution in [0.25, 0.3) is 11.3 Å². The van der Waals surface area contributed by atoms with Crippen LogP contribution in [-0.2, 0) is 6.54 Å². The molecule has 4 rings (SSSR count). The van der Waals surface area contributed by atoms with Crippen LogP contribution in [0, 0.1) is 6.92 Å². The number of nitrogens with one attached hydrogen (secondary N) is 1. The zero-order valence-corrected chi connectivity index (χ0v) is 19.9. The van der Waals surface area contributed by atoms with Crippen LogP contribution in [0.5, 0.6) is 11.5 Å². The summed E-state index contributed by atoms with van der Waals surface area (Å²) in [5.74, 6) is -0.190. The molecule has 0 aliphatic heterocycles. The lowest BCUT2D eigenvalue weighted by atomic mass is 10.1. The molecule has 7 heteroatoms. The van der Waals surface area contributed by atoms with Crippen LogP contribution in [0.1, 0.15) is 35.3 Å². The topological polar surface area (TPSA) is 98.6 Å². The van der Waals surface area contributed by atoms with Crippen molar-refractivity contribution in [2.45, 2.75) is 33.4 Å². The number of carbonyl (C=O) groups excluding carboxylic acids is 1. The predicted octanol–water partition coefficient (Wildman–Crippen LogP) is 5.53. The molecule has 3 aromatic carbocycles. The van der Waals surface area contributed by atoms with Gasteiger partial charge in [-0.2, -0.15) is 0 Å². The van der Waals surface area contributed by atoms with E-state index >= 15 is 0 Å². The fourth-order valence-electron chi connectivity index (χ4n) is 3.75. The molecule has 0 saturated heterocycles. The Kier molecular flexibility index (Phi) is 6.96. The number of benzene rings is 3. The highest BCUT2D eigenvalue weighted by atomic mass is 16.3. The van der Waals surface area contributed by atoms with Crippen molar-refractivity contribution >= 4 is 17.5 Å². The Morgan fingerprint density at radius 1 is 1.00 bits per heavy atom. The van der Waals surface area contributed by atoms with Crippen LogP contribution in [0.3, 0.4) is 0 Å². The summed E-state index contributed by atoms with van der Waals surface area (Å²) in [4.78, 5) is 24.1. The molecule has 0 atom stereocenters. The number of anilines is 2. The van der Waals surface area contributed by atoms with Gasteiger partial charge < -0.3 is 20.4 Å². The van der Waals surface area contributed by atoms with Crippen molar-refractivity contribution in [3.8, 4) is 22.8 Å². The highest BCUT2D eigenvalue weighted by Crippen LogP contribution is 2.29. The van der Waals surface area contributed by atoms with E-state index in [-0.39, 0.29) is 29.0 Å². The van der Waals surface area contributed by atoms with Gasteiger partial charge in [-0.25, -0.2) is 9.97 Å². The molecule has 0 fully saturated rings. The van der Waals surface area contributed by atoms with Gasteiger partial charge in [0, 0.05) is 29.6 Å². The molecule has 0 spiro atoms. The number of hydrogen-bond donors (Lipinski definition) is 3. The molecule has 1 amide bonds. The van der Waals surface area contributed by atoms with E-state index in [2.05, 4.69) is 15.3 Å². The van der Waals surface area contributed by atoms with Crippen molar-refractivity contribution in [3.05, 3.63) is 95.7 Å². The van der Waals surface area contributed by atoms with E-state index in [1.54, 1.807) is 11.1 Å². The maximum atomic E-state index is 13.5. The number of phenols is 2. The summed E-state index contributed by atoms with van der Waals surface area (Å²) >= 11 is 0. The van der Waals surface area contributed by atoms with Crippen LogP contribution >= 0.6 is 0 Å². The molecule has 0 unspecified atom stereocenters. The molecule has 0 saturated carbocycles. The Morgan fingerprint density at radius 2 is 1.71 bits per heavy atom. The minimum atomic E-state index is -0.374. The third-order valence-corrected chi connectivity index (χ3v) is 5.48. The molecule has 3 N–H and O–H groups in total. The molecule has 1 heterocycles. The zero-order chi connectivity index (χ0) is 24.9. The standard InChI is InChI=1S/C28H28N4O3/c1-18(2)30-28-29-16-19(3)26(31-28)21-9-11-22(12-10-21)32(17-20-7-5-4-6-8-20)27(35)24-14-13-23(33)15-25(24)34/h4-16,18,33-34H,17H2,1-3H3,(H,29,30,31). The summed E-state index contributed by atoms with van der Waals surface area (Å²) in [5, 5.41) is 23.2. The molecule has 178 valence electrons.